The topological polar surface area (TPSA) is 12.5 Å². The van der Waals surface area contributed by atoms with Crippen molar-refractivity contribution in [3.05, 3.63) is 0 Å². The van der Waals surface area contributed by atoms with Crippen LogP contribution in [-0.2, 0) is 4.74 Å². The number of hydrogen-bond acceptors (Lipinski definition) is 2. The second-order valence-corrected chi connectivity index (χ2v) is 6.90. The molecule has 0 radical (unpaired) electrons. The van der Waals surface area contributed by atoms with Gasteiger partial charge in [0.2, 0.25) is 0 Å². The third-order valence-corrected chi connectivity index (χ3v) is 4.72. The summed E-state index contributed by atoms with van der Waals surface area (Å²) >= 11 is 0. The molecular weight excluding hydrogens is 210 g/mol. The normalized spacial score (nSPS) is 32.5. The van der Waals surface area contributed by atoms with E-state index >= 15 is 0 Å². The largest absolute Gasteiger partial charge is 0.376 e. The van der Waals surface area contributed by atoms with Crippen molar-refractivity contribution >= 4 is 0 Å². The highest BCUT2D eigenvalue weighted by atomic mass is 16.5. The summed E-state index contributed by atoms with van der Waals surface area (Å²) < 4.78 is 5.63. The van der Waals surface area contributed by atoms with Crippen LogP contribution in [0, 0.1) is 11.3 Å². The van der Waals surface area contributed by atoms with Gasteiger partial charge in [-0.25, -0.2) is 0 Å². The highest BCUT2D eigenvalue weighted by Gasteiger charge is 2.36. The van der Waals surface area contributed by atoms with Crippen LogP contribution in [0.5, 0.6) is 0 Å². The molecule has 0 atom stereocenters. The van der Waals surface area contributed by atoms with Gasteiger partial charge < -0.3 is 4.74 Å². The first-order valence-electron chi connectivity index (χ1n) is 7.36. The number of ether oxygens (including phenoxy) is 1. The minimum Gasteiger partial charge on any atom is -0.376 e. The third kappa shape index (κ3) is 3.23. The molecule has 2 aliphatic rings. The van der Waals surface area contributed by atoms with Gasteiger partial charge in [-0.15, -0.1) is 0 Å². The number of likely N-dealkylation sites (tertiary alicyclic amines) is 1. The number of hydrogen-bond donors (Lipinski definition) is 0. The van der Waals surface area contributed by atoms with E-state index in [0.717, 1.165) is 18.6 Å². The van der Waals surface area contributed by atoms with Crippen molar-refractivity contribution in [1.29, 1.82) is 0 Å². The first kappa shape index (κ1) is 13.4. The molecule has 2 rings (SSSR count). The maximum absolute atomic E-state index is 5.63. The zero-order valence-electron chi connectivity index (χ0n) is 12.0. The van der Waals surface area contributed by atoms with Gasteiger partial charge in [0.25, 0.3) is 0 Å². The molecule has 1 saturated carbocycles. The molecule has 0 aromatic heterocycles. The molecule has 0 unspecified atom stereocenters. The van der Waals surface area contributed by atoms with Crippen LogP contribution in [0.25, 0.3) is 0 Å². The lowest BCUT2D eigenvalue weighted by molar-refractivity contribution is -0.0775. The Labute approximate surface area is 107 Å². The first-order chi connectivity index (χ1) is 8.00. The van der Waals surface area contributed by atoms with E-state index in [9.17, 15) is 0 Å². The quantitative estimate of drug-likeness (QED) is 0.749. The SMILES string of the molecule is CCOC1CN(C2CCC(C(C)(C)C)CC2)C1. The van der Waals surface area contributed by atoms with Gasteiger partial charge in [0.1, 0.15) is 0 Å². The second kappa shape index (κ2) is 5.27. The molecule has 100 valence electrons. The molecule has 0 amide bonds. The van der Waals surface area contributed by atoms with Gasteiger partial charge in [-0.05, 0) is 43.9 Å². The van der Waals surface area contributed by atoms with E-state index in [1.807, 2.05) is 0 Å². The van der Waals surface area contributed by atoms with Gasteiger partial charge in [-0.1, -0.05) is 20.8 Å². The van der Waals surface area contributed by atoms with Gasteiger partial charge >= 0.3 is 0 Å². The molecule has 2 heteroatoms. The highest BCUT2D eigenvalue weighted by Crippen LogP contribution is 2.39. The minimum atomic E-state index is 0.508. The van der Waals surface area contributed by atoms with Crippen molar-refractivity contribution in [3.8, 4) is 0 Å². The second-order valence-electron chi connectivity index (χ2n) is 6.90. The summed E-state index contributed by atoms with van der Waals surface area (Å²) in [6, 6.07) is 0.852. The van der Waals surface area contributed by atoms with E-state index in [1.165, 1.54) is 38.8 Å². The average Bonchev–Trinajstić information content (AvgIpc) is 2.22. The molecule has 17 heavy (non-hydrogen) atoms. The number of rotatable bonds is 3. The Balaban J connectivity index is 1.70. The van der Waals surface area contributed by atoms with Crippen LogP contribution >= 0.6 is 0 Å². The van der Waals surface area contributed by atoms with Gasteiger partial charge in [0.05, 0.1) is 6.10 Å². The lowest BCUT2D eigenvalue weighted by atomic mass is 9.71. The van der Waals surface area contributed by atoms with Crippen LogP contribution in [0.2, 0.25) is 0 Å². The summed E-state index contributed by atoms with van der Waals surface area (Å²) in [5, 5.41) is 0. The molecule has 0 aromatic rings. The molecule has 0 spiro atoms. The summed E-state index contributed by atoms with van der Waals surface area (Å²) in [4.78, 5) is 2.64. The van der Waals surface area contributed by atoms with Crippen molar-refractivity contribution in [1.82, 2.24) is 4.90 Å². The standard InChI is InChI=1S/C15H29NO/c1-5-17-14-10-16(11-14)13-8-6-12(7-9-13)15(2,3)4/h12-14H,5-11H2,1-4H3. The Morgan fingerprint density at radius 1 is 1.06 bits per heavy atom. The zero-order chi connectivity index (χ0) is 12.5. The lowest BCUT2D eigenvalue weighted by Gasteiger charge is -2.47. The third-order valence-electron chi connectivity index (χ3n) is 4.72. The fourth-order valence-electron chi connectivity index (χ4n) is 3.42. The van der Waals surface area contributed by atoms with Gasteiger partial charge in [0.15, 0.2) is 0 Å². The fourth-order valence-corrected chi connectivity index (χ4v) is 3.42. The summed E-state index contributed by atoms with van der Waals surface area (Å²) in [5.74, 6) is 0.933. The maximum atomic E-state index is 5.63. The molecule has 2 fully saturated rings. The molecule has 1 aliphatic heterocycles. The van der Waals surface area contributed by atoms with Crippen molar-refractivity contribution < 1.29 is 4.74 Å². The van der Waals surface area contributed by atoms with Crippen LogP contribution in [0.3, 0.4) is 0 Å². The van der Waals surface area contributed by atoms with Gasteiger partial charge in [-0.2, -0.15) is 0 Å². The fraction of sp³-hybridized carbons (Fsp3) is 1.00. The molecular formula is C15H29NO. The van der Waals surface area contributed by atoms with Crippen molar-refractivity contribution in [2.45, 2.75) is 65.5 Å². The lowest BCUT2D eigenvalue weighted by Crippen LogP contribution is -2.57. The molecule has 0 bridgehead atoms. The van der Waals surface area contributed by atoms with Crippen LogP contribution < -0.4 is 0 Å². The Morgan fingerprint density at radius 3 is 2.12 bits per heavy atom. The summed E-state index contributed by atoms with van der Waals surface area (Å²) in [6.45, 7) is 12.5. The average molecular weight is 239 g/mol. The van der Waals surface area contributed by atoms with Crippen LogP contribution in [0.4, 0.5) is 0 Å². The number of nitrogens with zero attached hydrogens (tertiary/aromatic N) is 1. The van der Waals surface area contributed by atoms with Crippen molar-refractivity contribution in [2.75, 3.05) is 19.7 Å². The molecule has 2 nitrogen and oxygen atoms in total. The monoisotopic (exact) mass is 239 g/mol. The minimum absolute atomic E-state index is 0.508. The smallest absolute Gasteiger partial charge is 0.0828 e. The van der Waals surface area contributed by atoms with E-state index < -0.39 is 0 Å². The van der Waals surface area contributed by atoms with Crippen LogP contribution in [0.15, 0.2) is 0 Å². The van der Waals surface area contributed by atoms with Gasteiger partial charge in [-0.3, -0.25) is 4.90 Å². The summed E-state index contributed by atoms with van der Waals surface area (Å²) in [7, 11) is 0. The Hall–Kier alpha value is -0.0800. The predicted octanol–water partition coefficient (Wildman–Crippen LogP) is 3.31. The predicted molar refractivity (Wildman–Crippen MR) is 72.2 cm³/mol. The Morgan fingerprint density at radius 2 is 1.65 bits per heavy atom. The molecule has 0 N–H and O–H groups in total. The van der Waals surface area contributed by atoms with E-state index in [2.05, 4.69) is 32.6 Å². The van der Waals surface area contributed by atoms with E-state index in [4.69, 9.17) is 4.74 Å². The van der Waals surface area contributed by atoms with E-state index in [0.29, 0.717) is 11.5 Å². The van der Waals surface area contributed by atoms with Crippen LogP contribution in [0.1, 0.15) is 53.4 Å². The first-order valence-corrected chi connectivity index (χ1v) is 7.36. The Bertz CT molecular complexity index is 232. The summed E-state index contributed by atoms with van der Waals surface area (Å²) in [5.41, 5.74) is 0.508. The molecule has 0 aromatic carbocycles. The van der Waals surface area contributed by atoms with E-state index in [-0.39, 0.29) is 0 Å². The zero-order valence-corrected chi connectivity index (χ0v) is 12.0. The summed E-state index contributed by atoms with van der Waals surface area (Å²) in [6.07, 6.45) is 6.18. The van der Waals surface area contributed by atoms with E-state index in [1.54, 1.807) is 0 Å². The molecule has 1 heterocycles. The molecule has 1 saturated heterocycles. The van der Waals surface area contributed by atoms with Crippen molar-refractivity contribution in [3.63, 3.8) is 0 Å². The maximum Gasteiger partial charge on any atom is 0.0828 e. The van der Waals surface area contributed by atoms with Gasteiger partial charge in [0, 0.05) is 25.7 Å². The Kier molecular flexibility index (Phi) is 4.14. The molecule has 1 aliphatic carbocycles. The van der Waals surface area contributed by atoms with Crippen molar-refractivity contribution in [2.24, 2.45) is 11.3 Å². The highest BCUT2D eigenvalue weighted by molar-refractivity contribution is 4.90. The van der Waals surface area contributed by atoms with Crippen LogP contribution in [-0.4, -0.2) is 36.7 Å².